The fraction of sp³-hybridized carbons (Fsp3) is 0.385. The van der Waals surface area contributed by atoms with Gasteiger partial charge in [-0.1, -0.05) is 31.9 Å². The quantitative estimate of drug-likeness (QED) is 0.243. The van der Waals surface area contributed by atoms with Crippen molar-refractivity contribution < 1.29 is 19.4 Å². The number of carboxylic acids is 1. The molecule has 0 saturated carbocycles. The molecule has 94 valence electrons. The molecule has 0 amide bonds. The van der Waals surface area contributed by atoms with E-state index in [0.717, 1.165) is 31.4 Å². The van der Waals surface area contributed by atoms with Crippen molar-refractivity contribution in [2.24, 2.45) is 0 Å². The lowest BCUT2D eigenvalue weighted by molar-refractivity contribution is -0.135. The average Bonchev–Trinajstić information content (AvgIpc) is 2.26. The molecule has 0 aliphatic rings. The zero-order chi connectivity index (χ0) is 13.1. The normalized spacial score (nSPS) is 12.2. The summed E-state index contributed by atoms with van der Waals surface area (Å²) >= 11 is 0. The highest BCUT2D eigenvalue weighted by molar-refractivity contribution is 5.91. The van der Waals surface area contributed by atoms with Crippen LogP contribution in [0.4, 0.5) is 0 Å². The van der Waals surface area contributed by atoms with Crippen molar-refractivity contribution in [2.75, 3.05) is 0 Å². The third-order valence-corrected chi connectivity index (χ3v) is 1.81. The van der Waals surface area contributed by atoms with Gasteiger partial charge in [0, 0.05) is 12.2 Å². The highest BCUT2D eigenvalue weighted by atomic mass is 16.5. The molecule has 0 aromatic carbocycles. The third kappa shape index (κ3) is 10.4. The Morgan fingerprint density at radius 1 is 1.29 bits per heavy atom. The Morgan fingerprint density at radius 2 is 2.00 bits per heavy atom. The van der Waals surface area contributed by atoms with Crippen molar-refractivity contribution in [2.45, 2.75) is 33.1 Å². The number of esters is 1. The number of hydrogen-bond donors (Lipinski definition) is 1. The van der Waals surface area contributed by atoms with E-state index in [1.807, 2.05) is 12.2 Å². The number of aliphatic carboxylic acids is 1. The maximum atomic E-state index is 11.1. The van der Waals surface area contributed by atoms with Gasteiger partial charge in [0.1, 0.15) is 5.76 Å². The minimum absolute atomic E-state index is 0.429. The second-order valence-electron chi connectivity index (χ2n) is 3.44. The lowest BCUT2D eigenvalue weighted by Gasteiger charge is -1.98. The van der Waals surface area contributed by atoms with Gasteiger partial charge in [-0.3, -0.25) is 0 Å². The van der Waals surface area contributed by atoms with Crippen LogP contribution in [0.25, 0.3) is 0 Å². The molecule has 0 aliphatic carbocycles. The Labute approximate surface area is 101 Å². The second-order valence-corrected chi connectivity index (χ2v) is 3.44. The first-order valence-electron chi connectivity index (χ1n) is 5.52. The van der Waals surface area contributed by atoms with Crippen LogP contribution in [0.15, 0.2) is 36.1 Å². The number of hydrogen-bond acceptors (Lipinski definition) is 3. The number of rotatable bonds is 7. The zero-order valence-corrected chi connectivity index (χ0v) is 10.2. The van der Waals surface area contributed by atoms with E-state index in [1.165, 1.54) is 0 Å². The average molecular weight is 238 g/mol. The van der Waals surface area contributed by atoms with Crippen LogP contribution in [0.2, 0.25) is 0 Å². The molecule has 0 spiro atoms. The summed E-state index contributed by atoms with van der Waals surface area (Å²) in [5.74, 6) is -1.44. The van der Waals surface area contributed by atoms with E-state index < -0.39 is 11.9 Å². The van der Waals surface area contributed by atoms with Crippen molar-refractivity contribution in [1.29, 1.82) is 0 Å². The fourth-order valence-electron chi connectivity index (χ4n) is 0.988. The van der Waals surface area contributed by atoms with E-state index >= 15 is 0 Å². The maximum Gasteiger partial charge on any atom is 0.336 e. The fourth-order valence-corrected chi connectivity index (χ4v) is 0.988. The third-order valence-electron chi connectivity index (χ3n) is 1.81. The molecule has 0 unspecified atom stereocenters. The van der Waals surface area contributed by atoms with Crippen molar-refractivity contribution in [3.63, 3.8) is 0 Å². The van der Waals surface area contributed by atoms with Crippen LogP contribution < -0.4 is 0 Å². The van der Waals surface area contributed by atoms with Gasteiger partial charge in [-0.2, -0.15) is 0 Å². The Balaban J connectivity index is 4.02. The molecule has 0 aromatic rings. The van der Waals surface area contributed by atoms with Gasteiger partial charge in [-0.05, 0) is 19.4 Å². The van der Waals surface area contributed by atoms with Gasteiger partial charge in [-0.25, -0.2) is 9.59 Å². The van der Waals surface area contributed by atoms with E-state index in [9.17, 15) is 9.59 Å². The van der Waals surface area contributed by atoms with Crippen LogP contribution in [0.5, 0.6) is 0 Å². The number of allylic oxidation sites excluding steroid dienone is 4. The van der Waals surface area contributed by atoms with Crippen LogP contribution in [0, 0.1) is 0 Å². The molecule has 4 heteroatoms. The van der Waals surface area contributed by atoms with E-state index in [1.54, 1.807) is 13.0 Å². The molecule has 0 aliphatic heterocycles. The van der Waals surface area contributed by atoms with Gasteiger partial charge >= 0.3 is 11.9 Å². The highest BCUT2D eigenvalue weighted by Crippen LogP contribution is 2.00. The number of unbranched alkanes of at least 4 members (excludes halogenated alkanes) is 2. The molecule has 4 nitrogen and oxygen atoms in total. The smallest absolute Gasteiger partial charge is 0.336 e. The molecule has 0 rings (SSSR count). The molecule has 0 atom stereocenters. The van der Waals surface area contributed by atoms with Gasteiger partial charge in [0.15, 0.2) is 0 Å². The molecule has 0 bridgehead atoms. The number of carbonyl (C=O) groups excluding carboxylic acids is 1. The van der Waals surface area contributed by atoms with Crippen molar-refractivity contribution in [1.82, 2.24) is 0 Å². The summed E-state index contributed by atoms with van der Waals surface area (Å²) in [4.78, 5) is 21.2. The summed E-state index contributed by atoms with van der Waals surface area (Å²) in [6, 6.07) is 0. The predicted octanol–water partition coefficient (Wildman–Crippen LogP) is 2.82. The monoisotopic (exact) mass is 238 g/mol. The van der Waals surface area contributed by atoms with E-state index in [-0.39, 0.29) is 0 Å². The molecule has 0 saturated heterocycles. The van der Waals surface area contributed by atoms with Crippen molar-refractivity contribution in [3.8, 4) is 0 Å². The van der Waals surface area contributed by atoms with Gasteiger partial charge in [0.25, 0.3) is 0 Å². The molecule has 1 N–H and O–H groups in total. The van der Waals surface area contributed by atoms with Gasteiger partial charge < -0.3 is 9.84 Å². The number of carbonyl (C=O) groups is 2. The predicted molar refractivity (Wildman–Crippen MR) is 65.3 cm³/mol. The van der Waals surface area contributed by atoms with Gasteiger partial charge in [0.05, 0.1) is 0 Å². The van der Waals surface area contributed by atoms with Crippen LogP contribution in [-0.4, -0.2) is 17.0 Å². The first kappa shape index (κ1) is 15.2. The van der Waals surface area contributed by atoms with Gasteiger partial charge in [0.2, 0.25) is 0 Å². The van der Waals surface area contributed by atoms with Gasteiger partial charge in [-0.15, -0.1) is 0 Å². The molecular weight excluding hydrogens is 220 g/mol. The summed E-state index contributed by atoms with van der Waals surface area (Å²) < 4.78 is 4.83. The van der Waals surface area contributed by atoms with Crippen molar-refractivity contribution >= 4 is 11.9 Å². The highest BCUT2D eigenvalue weighted by Gasteiger charge is 1.98. The standard InChI is InChI=1S/C13H18O4/c1-3-4-5-6-7-8-11(2)17-13(16)10-9-12(14)15/h6-10H,3-5H2,1-2H3,(H,14,15)/b7-6?,10-9+,11-8?. The van der Waals surface area contributed by atoms with E-state index in [4.69, 9.17) is 9.84 Å². The van der Waals surface area contributed by atoms with Crippen LogP contribution >= 0.6 is 0 Å². The lowest BCUT2D eigenvalue weighted by Crippen LogP contribution is -1.99. The number of carboxylic acid groups (broad SMARTS) is 1. The minimum Gasteiger partial charge on any atom is -0.478 e. The molecule has 17 heavy (non-hydrogen) atoms. The van der Waals surface area contributed by atoms with Crippen LogP contribution in [0.1, 0.15) is 33.1 Å². The van der Waals surface area contributed by atoms with E-state index in [0.29, 0.717) is 5.76 Å². The zero-order valence-electron chi connectivity index (χ0n) is 10.2. The summed E-state index contributed by atoms with van der Waals surface area (Å²) in [7, 11) is 0. The summed E-state index contributed by atoms with van der Waals surface area (Å²) in [5.41, 5.74) is 0. The first-order valence-corrected chi connectivity index (χ1v) is 5.52. The Bertz CT molecular complexity index is 337. The number of ether oxygens (including phenoxy) is 1. The molecule has 0 radical (unpaired) electrons. The molecule has 0 heterocycles. The first-order chi connectivity index (χ1) is 8.06. The SMILES string of the molecule is CCCCC=CC=C(C)OC(=O)/C=C/C(=O)O. The Morgan fingerprint density at radius 3 is 2.59 bits per heavy atom. The van der Waals surface area contributed by atoms with E-state index in [2.05, 4.69) is 6.92 Å². The van der Waals surface area contributed by atoms with Crippen LogP contribution in [0.3, 0.4) is 0 Å². The summed E-state index contributed by atoms with van der Waals surface area (Å²) in [6.07, 6.45) is 10.4. The Hall–Kier alpha value is -1.84. The van der Waals surface area contributed by atoms with Crippen molar-refractivity contribution in [3.05, 3.63) is 36.1 Å². The molecule has 0 fully saturated rings. The largest absolute Gasteiger partial charge is 0.478 e. The Kier molecular flexibility index (Phi) is 8.37. The van der Waals surface area contributed by atoms with Crippen LogP contribution in [-0.2, 0) is 14.3 Å². The summed E-state index contributed by atoms with van der Waals surface area (Å²) in [5, 5.41) is 8.30. The summed E-state index contributed by atoms with van der Waals surface area (Å²) in [6.45, 7) is 3.75. The maximum absolute atomic E-state index is 11.1. The second kappa shape index (κ2) is 9.39. The minimum atomic E-state index is -1.18. The lowest BCUT2D eigenvalue weighted by atomic mass is 10.2. The molecular formula is C13H18O4. The molecule has 0 aromatic heterocycles. The topological polar surface area (TPSA) is 63.6 Å².